The number of anilines is 2. The highest BCUT2D eigenvalue weighted by atomic mass is 16.6. The topological polar surface area (TPSA) is 119 Å². The highest BCUT2D eigenvalue weighted by molar-refractivity contribution is 6.01. The van der Waals surface area contributed by atoms with E-state index < -0.39 is 23.3 Å². The van der Waals surface area contributed by atoms with E-state index in [9.17, 15) is 24.5 Å². The van der Waals surface area contributed by atoms with E-state index in [0.717, 1.165) is 6.07 Å². The van der Waals surface area contributed by atoms with E-state index in [-0.39, 0.29) is 17.2 Å². The van der Waals surface area contributed by atoms with E-state index in [1.165, 1.54) is 24.3 Å². The van der Waals surface area contributed by atoms with Gasteiger partial charge in [-0.1, -0.05) is 6.92 Å². The van der Waals surface area contributed by atoms with Crippen LogP contribution in [0, 0.1) is 10.1 Å². The predicted octanol–water partition coefficient (Wildman–Crippen LogP) is 3.05. The summed E-state index contributed by atoms with van der Waals surface area (Å²) >= 11 is 0. The lowest BCUT2D eigenvalue weighted by Gasteiger charge is -2.16. The van der Waals surface area contributed by atoms with Crippen LogP contribution in [0.3, 0.4) is 0 Å². The molecule has 9 nitrogen and oxygen atoms in total. The van der Waals surface area contributed by atoms with Crippen molar-refractivity contribution >= 4 is 34.7 Å². The van der Waals surface area contributed by atoms with Crippen molar-refractivity contribution in [2.45, 2.75) is 13.3 Å². The molecule has 0 aliphatic rings. The number of nitrogens with one attached hydrogen (secondary N) is 1. The lowest BCUT2D eigenvalue weighted by molar-refractivity contribution is -0.384. The van der Waals surface area contributed by atoms with Crippen molar-refractivity contribution in [1.82, 2.24) is 0 Å². The molecule has 0 aromatic heterocycles. The average Bonchev–Trinajstić information content (AvgIpc) is 2.71. The second-order valence-electron chi connectivity index (χ2n) is 6.33. The number of ketones is 1. The summed E-state index contributed by atoms with van der Waals surface area (Å²) in [5, 5.41) is 13.6. The molecule has 0 saturated heterocycles. The van der Waals surface area contributed by atoms with Crippen LogP contribution in [0.1, 0.15) is 34.1 Å². The molecule has 1 amide bonds. The maximum absolute atomic E-state index is 12.4. The van der Waals surface area contributed by atoms with Gasteiger partial charge in [0.15, 0.2) is 12.4 Å². The van der Waals surface area contributed by atoms with Gasteiger partial charge in [-0.3, -0.25) is 19.7 Å². The van der Waals surface area contributed by atoms with E-state index in [2.05, 4.69) is 5.32 Å². The Labute approximate surface area is 167 Å². The Bertz CT molecular complexity index is 938. The Kier molecular flexibility index (Phi) is 7.02. The first-order valence-corrected chi connectivity index (χ1v) is 8.79. The summed E-state index contributed by atoms with van der Waals surface area (Å²) < 4.78 is 5.07. The van der Waals surface area contributed by atoms with Gasteiger partial charge in [-0.15, -0.1) is 0 Å². The summed E-state index contributed by atoms with van der Waals surface area (Å²) in [6.45, 7) is 1.21. The Morgan fingerprint density at radius 2 is 1.76 bits per heavy atom. The van der Waals surface area contributed by atoms with Gasteiger partial charge in [0, 0.05) is 43.9 Å². The molecule has 0 bridgehead atoms. The first-order valence-electron chi connectivity index (χ1n) is 8.79. The molecule has 0 aliphatic carbocycles. The Hall–Kier alpha value is -3.75. The van der Waals surface area contributed by atoms with Crippen molar-refractivity contribution in [3.63, 3.8) is 0 Å². The number of nitro groups is 1. The smallest absolute Gasteiger partial charge is 0.340 e. The van der Waals surface area contributed by atoms with Gasteiger partial charge in [-0.2, -0.15) is 0 Å². The molecule has 0 aliphatic heterocycles. The minimum atomic E-state index is -0.836. The average molecular weight is 399 g/mol. The van der Waals surface area contributed by atoms with Crippen molar-refractivity contribution in [3.8, 4) is 0 Å². The number of hydrogen-bond donors (Lipinski definition) is 1. The summed E-state index contributed by atoms with van der Waals surface area (Å²) in [6.07, 6.45) is 0.337. The van der Waals surface area contributed by atoms with Gasteiger partial charge in [0.2, 0.25) is 5.91 Å². The van der Waals surface area contributed by atoms with Crippen molar-refractivity contribution in [1.29, 1.82) is 0 Å². The fourth-order valence-corrected chi connectivity index (χ4v) is 2.47. The third-order valence-electron chi connectivity index (χ3n) is 4.04. The molecular weight excluding hydrogens is 378 g/mol. The lowest BCUT2D eigenvalue weighted by atomic mass is 10.1. The number of amides is 1. The number of Topliss-reactive ketones (excluding diaryl/α,β-unsaturated/α-hetero) is 1. The minimum absolute atomic E-state index is 0.00498. The molecule has 2 aromatic rings. The van der Waals surface area contributed by atoms with E-state index in [0.29, 0.717) is 23.4 Å². The Balaban J connectivity index is 2.08. The monoisotopic (exact) mass is 399 g/mol. The normalized spacial score (nSPS) is 10.2. The fraction of sp³-hybridized carbons (Fsp3) is 0.250. The van der Waals surface area contributed by atoms with Crippen molar-refractivity contribution < 1.29 is 24.0 Å². The van der Waals surface area contributed by atoms with Crippen molar-refractivity contribution in [3.05, 3.63) is 63.7 Å². The fourth-order valence-electron chi connectivity index (χ4n) is 2.47. The molecule has 0 fully saturated rings. The summed E-state index contributed by atoms with van der Waals surface area (Å²) in [6, 6.07) is 10.0. The third-order valence-corrected chi connectivity index (χ3v) is 4.04. The number of nitrogens with zero attached hydrogens (tertiary/aromatic N) is 2. The van der Waals surface area contributed by atoms with Crippen LogP contribution in [0.4, 0.5) is 17.1 Å². The van der Waals surface area contributed by atoms with Gasteiger partial charge >= 0.3 is 5.97 Å². The van der Waals surface area contributed by atoms with Gasteiger partial charge in [0.1, 0.15) is 0 Å². The second-order valence-corrected chi connectivity index (χ2v) is 6.33. The lowest BCUT2D eigenvalue weighted by Crippen LogP contribution is -2.18. The molecule has 152 valence electrons. The maximum atomic E-state index is 12.4. The number of carbonyl (C=O) groups is 3. The van der Waals surface area contributed by atoms with Gasteiger partial charge < -0.3 is 15.0 Å². The Morgan fingerprint density at radius 3 is 2.31 bits per heavy atom. The first-order chi connectivity index (χ1) is 13.7. The molecule has 2 aromatic carbocycles. The van der Waals surface area contributed by atoms with Gasteiger partial charge in [0.05, 0.1) is 16.2 Å². The molecule has 0 unspecified atom stereocenters. The molecule has 9 heteroatoms. The molecule has 2 rings (SSSR count). The molecule has 0 heterocycles. The molecular formula is C20H21N3O6. The minimum Gasteiger partial charge on any atom is -0.454 e. The summed E-state index contributed by atoms with van der Waals surface area (Å²) in [7, 11) is 3.37. The molecule has 0 radical (unpaired) electrons. The number of rotatable bonds is 8. The zero-order valence-corrected chi connectivity index (χ0v) is 16.3. The second kappa shape index (κ2) is 9.45. The standard InChI is InChI=1S/C20H21N3O6/c1-4-19(25)21-14-7-5-13(6-8-14)18(24)12-29-20(26)16-11-15(23(27)28)9-10-17(16)22(2)3/h5-11H,4,12H2,1-3H3,(H,21,25). The van der Waals surface area contributed by atoms with Crippen LogP contribution in [0.25, 0.3) is 0 Å². The van der Waals surface area contributed by atoms with Crippen LogP contribution in [0.5, 0.6) is 0 Å². The van der Waals surface area contributed by atoms with Crippen LogP contribution in [0.15, 0.2) is 42.5 Å². The molecule has 29 heavy (non-hydrogen) atoms. The van der Waals surface area contributed by atoms with E-state index in [4.69, 9.17) is 4.74 Å². The quantitative estimate of drug-likeness (QED) is 0.314. The highest BCUT2D eigenvalue weighted by Crippen LogP contribution is 2.25. The first kappa shape index (κ1) is 21.5. The highest BCUT2D eigenvalue weighted by Gasteiger charge is 2.20. The van der Waals surface area contributed by atoms with Crippen molar-refractivity contribution in [2.24, 2.45) is 0 Å². The summed E-state index contributed by atoms with van der Waals surface area (Å²) in [4.78, 5) is 48.1. The number of non-ortho nitro benzene ring substituents is 1. The molecule has 1 N–H and O–H groups in total. The number of ether oxygens (including phenoxy) is 1. The van der Waals surface area contributed by atoms with E-state index in [1.807, 2.05) is 0 Å². The molecule has 0 saturated carbocycles. The zero-order chi connectivity index (χ0) is 21.6. The number of carbonyl (C=O) groups excluding carboxylic acids is 3. The van der Waals surface area contributed by atoms with Crippen molar-refractivity contribution in [2.75, 3.05) is 30.9 Å². The maximum Gasteiger partial charge on any atom is 0.340 e. The Morgan fingerprint density at radius 1 is 1.10 bits per heavy atom. The van der Waals surface area contributed by atoms with Gasteiger partial charge in [0.25, 0.3) is 5.69 Å². The number of hydrogen-bond acceptors (Lipinski definition) is 7. The SMILES string of the molecule is CCC(=O)Nc1ccc(C(=O)COC(=O)c2cc([N+](=O)[O-])ccc2N(C)C)cc1. The summed E-state index contributed by atoms with van der Waals surface area (Å²) in [5.41, 5.74) is 1.04. The van der Waals surface area contributed by atoms with E-state index >= 15 is 0 Å². The zero-order valence-electron chi connectivity index (χ0n) is 16.3. The molecule has 0 spiro atoms. The van der Waals surface area contributed by atoms with Crippen LogP contribution in [0.2, 0.25) is 0 Å². The number of nitro benzene ring substituents is 1. The van der Waals surface area contributed by atoms with Crippen LogP contribution >= 0.6 is 0 Å². The van der Waals surface area contributed by atoms with E-state index in [1.54, 1.807) is 38.1 Å². The van der Waals surface area contributed by atoms with Gasteiger partial charge in [-0.25, -0.2) is 4.79 Å². The summed E-state index contributed by atoms with van der Waals surface area (Å²) in [5.74, 6) is -1.42. The van der Waals surface area contributed by atoms with Crippen LogP contribution < -0.4 is 10.2 Å². The predicted molar refractivity (Wildman–Crippen MR) is 107 cm³/mol. The third kappa shape index (κ3) is 5.61. The van der Waals surface area contributed by atoms with Gasteiger partial charge in [-0.05, 0) is 30.3 Å². The van der Waals surface area contributed by atoms with Crippen LogP contribution in [-0.2, 0) is 9.53 Å². The largest absolute Gasteiger partial charge is 0.454 e. The van der Waals surface area contributed by atoms with Crippen LogP contribution in [-0.4, -0.2) is 43.3 Å². The number of benzene rings is 2. The molecule has 0 atom stereocenters. The number of esters is 1.